The number of nitrogens with one attached hydrogen (secondary N) is 1. The minimum absolute atomic E-state index is 0.219. The first-order valence-corrected chi connectivity index (χ1v) is 9.49. The zero-order chi connectivity index (χ0) is 18.8. The Labute approximate surface area is 159 Å². The van der Waals surface area contributed by atoms with E-state index in [2.05, 4.69) is 54.1 Å². The van der Waals surface area contributed by atoms with Crippen LogP contribution in [0.2, 0.25) is 0 Å². The zero-order valence-corrected chi connectivity index (χ0v) is 15.8. The van der Waals surface area contributed by atoms with Gasteiger partial charge in [0.1, 0.15) is 5.82 Å². The summed E-state index contributed by atoms with van der Waals surface area (Å²) < 4.78 is 19.6. The predicted molar refractivity (Wildman–Crippen MR) is 109 cm³/mol. The fourth-order valence-electron chi connectivity index (χ4n) is 3.87. The number of nitrogens with zero attached hydrogens (tertiary/aromatic N) is 1. The average Bonchev–Trinajstić information content (AvgIpc) is 3.05. The molecule has 140 valence electrons. The third kappa shape index (κ3) is 4.12. The number of rotatable bonds is 4. The smallest absolute Gasteiger partial charge is 0.147 e. The fraction of sp³-hybridized carbons (Fsp3) is 0.304. The molecule has 1 aliphatic rings. The number of hydrogen-bond donors (Lipinski definition) is 1. The van der Waals surface area contributed by atoms with Crippen LogP contribution >= 0.6 is 0 Å². The first kappa shape index (κ1) is 18.0. The van der Waals surface area contributed by atoms with Gasteiger partial charge >= 0.3 is 0 Å². The quantitative estimate of drug-likeness (QED) is 0.699. The number of ether oxygens (including phenoxy) is 1. The molecule has 0 amide bonds. The van der Waals surface area contributed by atoms with E-state index in [-0.39, 0.29) is 18.0 Å². The van der Waals surface area contributed by atoms with E-state index in [1.165, 1.54) is 11.6 Å². The van der Waals surface area contributed by atoms with Crippen molar-refractivity contribution in [3.05, 3.63) is 71.2 Å². The molecule has 1 aliphatic heterocycles. The molecular weight excluding hydrogens is 339 g/mol. The monoisotopic (exact) mass is 364 g/mol. The summed E-state index contributed by atoms with van der Waals surface area (Å²) in [5, 5.41) is 0.901. The summed E-state index contributed by atoms with van der Waals surface area (Å²) >= 11 is 0. The van der Waals surface area contributed by atoms with Gasteiger partial charge in [0.05, 0.1) is 17.7 Å². The van der Waals surface area contributed by atoms with Crippen LogP contribution in [0.5, 0.6) is 0 Å². The van der Waals surface area contributed by atoms with Gasteiger partial charge < -0.3 is 9.72 Å². The number of H-pyrrole nitrogens is 1. The number of fused-ring (bicyclic) bond motifs is 1. The van der Waals surface area contributed by atoms with Crippen molar-refractivity contribution < 1.29 is 9.13 Å². The molecule has 3 aromatic rings. The Morgan fingerprint density at radius 1 is 1.07 bits per heavy atom. The van der Waals surface area contributed by atoms with Gasteiger partial charge in [-0.25, -0.2) is 4.39 Å². The molecule has 0 saturated carbocycles. The molecule has 1 aromatic heterocycles. The summed E-state index contributed by atoms with van der Waals surface area (Å²) in [5.74, 6) is -0.219. The van der Waals surface area contributed by atoms with Crippen LogP contribution in [-0.2, 0) is 11.3 Å². The van der Waals surface area contributed by atoms with Gasteiger partial charge in [-0.15, -0.1) is 0 Å². The minimum Gasteiger partial charge on any atom is -0.373 e. The Hall–Kier alpha value is -2.43. The molecule has 1 fully saturated rings. The summed E-state index contributed by atoms with van der Waals surface area (Å²) in [6, 6.07) is 13.8. The van der Waals surface area contributed by atoms with Crippen molar-refractivity contribution in [2.45, 2.75) is 32.6 Å². The SMILES string of the molecule is C[C@@H]1CN(Cc2ccc(/C=C/c3c[nH]c4c(F)cccc34)cc2)C[C@H](C)O1. The zero-order valence-electron chi connectivity index (χ0n) is 15.8. The summed E-state index contributed by atoms with van der Waals surface area (Å²) in [6.07, 6.45) is 6.52. The van der Waals surface area contributed by atoms with Gasteiger partial charge in [-0.05, 0) is 36.6 Å². The molecule has 2 atom stereocenters. The fourth-order valence-corrected chi connectivity index (χ4v) is 3.87. The third-order valence-electron chi connectivity index (χ3n) is 5.03. The first-order chi connectivity index (χ1) is 13.1. The number of aromatic amines is 1. The lowest BCUT2D eigenvalue weighted by Gasteiger charge is -2.35. The van der Waals surface area contributed by atoms with Gasteiger partial charge in [-0.3, -0.25) is 4.90 Å². The number of halogens is 1. The van der Waals surface area contributed by atoms with Crippen LogP contribution in [0.4, 0.5) is 4.39 Å². The van der Waals surface area contributed by atoms with Crippen LogP contribution in [0, 0.1) is 5.82 Å². The van der Waals surface area contributed by atoms with E-state index in [0.717, 1.165) is 36.1 Å². The van der Waals surface area contributed by atoms with E-state index in [1.54, 1.807) is 6.07 Å². The van der Waals surface area contributed by atoms with E-state index < -0.39 is 0 Å². The number of para-hydroxylation sites is 1. The highest BCUT2D eigenvalue weighted by Gasteiger charge is 2.21. The molecule has 2 aromatic carbocycles. The van der Waals surface area contributed by atoms with Gasteiger partial charge in [0.2, 0.25) is 0 Å². The predicted octanol–water partition coefficient (Wildman–Crippen LogP) is 5.09. The lowest BCUT2D eigenvalue weighted by atomic mass is 10.1. The van der Waals surface area contributed by atoms with Gasteiger partial charge in [0, 0.05) is 31.2 Å². The standard InChI is InChI=1S/C23H25FN2O/c1-16-13-26(14-17(2)27-16)15-19-8-6-18(7-9-19)10-11-20-12-25-23-21(20)4-3-5-22(23)24/h3-12,16-17,25H,13-15H2,1-2H3/b11-10+/t16-,17+. The number of aromatic nitrogens is 1. The lowest BCUT2D eigenvalue weighted by Crippen LogP contribution is -2.44. The minimum atomic E-state index is -0.219. The molecule has 0 aliphatic carbocycles. The van der Waals surface area contributed by atoms with Crippen LogP contribution in [0.3, 0.4) is 0 Å². The summed E-state index contributed by atoms with van der Waals surface area (Å²) in [5.41, 5.74) is 3.99. The Morgan fingerprint density at radius 2 is 1.81 bits per heavy atom. The number of benzene rings is 2. The second-order valence-corrected chi connectivity index (χ2v) is 7.43. The Bertz CT molecular complexity index is 935. The van der Waals surface area contributed by atoms with Crippen LogP contribution in [0.25, 0.3) is 23.1 Å². The maximum absolute atomic E-state index is 13.8. The molecule has 3 nitrogen and oxygen atoms in total. The highest BCUT2D eigenvalue weighted by Crippen LogP contribution is 2.23. The molecule has 1 N–H and O–H groups in total. The van der Waals surface area contributed by atoms with Crippen molar-refractivity contribution in [3.8, 4) is 0 Å². The highest BCUT2D eigenvalue weighted by molar-refractivity contribution is 5.91. The van der Waals surface area contributed by atoms with Crippen LogP contribution in [-0.4, -0.2) is 35.2 Å². The lowest BCUT2D eigenvalue weighted by molar-refractivity contribution is -0.0704. The third-order valence-corrected chi connectivity index (χ3v) is 5.03. The van der Waals surface area contributed by atoms with Crippen molar-refractivity contribution in [2.75, 3.05) is 13.1 Å². The van der Waals surface area contributed by atoms with E-state index in [9.17, 15) is 4.39 Å². The van der Waals surface area contributed by atoms with E-state index in [4.69, 9.17) is 4.74 Å². The molecular formula is C23H25FN2O. The first-order valence-electron chi connectivity index (χ1n) is 9.49. The van der Waals surface area contributed by atoms with E-state index in [1.807, 2.05) is 18.3 Å². The number of hydrogen-bond acceptors (Lipinski definition) is 2. The van der Waals surface area contributed by atoms with E-state index in [0.29, 0.717) is 5.52 Å². The van der Waals surface area contributed by atoms with Gasteiger partial charge in [-0.1, -0.05) is 48.6 Å². The maximum Gasteiger partial charge on any atom is 0.147 e. The largest absolute Gasteiger partial charge is 0.373 e. The van der Waals surface area contributed by atoms with Crippen LogP contribution < -0.4 is 0 Å². The van der Waals surface area contributed by atoms with E-state index >= 15 is 0 Å². The van der Waals surface area contributed by atoms with Gasteiger partial charge in [-0.2, -0.15) is 0 Å². The van der Waals surface area contributed by atoms with Crippen molar-refractivity contribution in [1.29, 1.82) is 0 Å². The normalized spacial score (nSPS) is 21.3. The Morgan fingerprint density at radius 3 is 2.56 bits per heavy atom. The van der Waals surface area contributed by atoms with Crippen molar-refractivity contribution in [1.82, 2.24) is 9.88 Å². The van der Waals surface area contributed by atoms with Crippen molar-refractivity contribution in [3.63, 3.8) is 0 Å². The van der Waals surface area contributed by atoms with Crippen LogP contribution in [0.1, 0.15) is 30.5 Å². The van der Waals surface area contributed by atoms with Gasteiger partial charge in [0.25, 0.3) is 0 Å². The Balaban J connectivity index is 1.44. The van der Waals surface area contributed by atoms with Crippen molar-refractivity contribution in [2.24, 2.45) is 0 Å². The maximum atomic E-state index is 13.8. The van der Waals surface area contributed by atoms with Crippen molar-refractivity contribution >= 4 is 23.1 Å². The molecule has 0 radical (unpaired) electrons. The molecule has 0 spiro atoms. The second-order valence-electron chi connectivity index (χ2n) is 7.43. The Kier molecular flexibility index (Phi) is 5.10. The summed E-state index contributed by atoms with van der Waals surface area (Å²) in [6.45, 7) is 7.16. The molecule has 2 heterocycles. The van der Waals surface area contributed by atoms with Gasteiger partial charge in [0.15, 0.2) is 0 Å². The number of morpholine rings is 1. The topological polar surface area (TPSA) is 28.3 Å². The molecule has 27 heavy (non-hydrogen) atoms. The molecule has 4 rings (SSSR count). The van der Waals surface area contributed by atoms with Crippen LogP contribution in [0.15, 0.2) is 48.7 Å². The summed E-state index contributed by atoms with van der Waals surface area (Å²) in [4.78, 5) is 5.46. The molecule has 4 heteroatoms. The molecule has 1 saturated heterocycles. The summed E-state index contributed by atoms with van der Waals surface area (Å²) in [7, 11) is 0. The second kappa shape index (κ2) is 7.67. The highest BCUT2D eigenvalue weighted by atomic mass is 19.1. The molecule has 0 bridgehead atoms. The molecule has 0 unspecified atom stereocenters. The average molecular weight is 364 g/mol.